The number of thiazole rings is 1. The lowest BCUT2D eigenvalue weighted by Crippen LogP contribution is -2.22. The van der Waals surface area contributed by atoms with E-state index in [9.17, 15) is 23.1 Å². The average Bonchev–Trinajstić information content (AvgIpc) is 3.21. The van der Waals surface area contributed by atoms with Crippen LogP contribution in [0.5, 0.6) is 0 Å². The first kappa shape index (κ1) is 25.5. The van der Waals surface area contributed by atoms with Gasteiger partial charge in [0.1, 0.15) is 0 Å². The van der Waals surface area contributed by atoms with Crippen LogP contribution in [-0.2, 0) is 11.8 Å². The summed E-state index contributed by atoms with van der Waals surface area (Å²) in [5.74, 6) is 0.490. The predicted octanol–water partition coefficient (Wildman–Crippen LogP) is 6.66. The smallest absolute Gasteiger partial charge is 0.386 e. The number of alkyl halides is 3. The number of hydrogen-bond acceptors (Lipinski definition) is 6. The van der Waals surface area contributed by atoms with Gasteiger partial charge in [-0.2, -0.15) is 13.2 Å². The Morgan fingerprint density at radius 3 is 2.43 bits per heavy atom. The van der Waals surface area contributed by atoms with E-state index in [0.717, 1.165) is 40.1 Å². The van der Waals surface area contributed by atoms with E-state index >= 15 is 0 Å². The van der Waals surface area contributed by atoms with Crippen molar-refractivity contribution in [3.8, 4) is 0 Å². The zero-order chi connectivity index (χ0) is 25.4. The van der Waals surface area contributed by atoms with E-state index in [4.69, 9.17) is 4.98 Å². The van der Waals surface area contributed by atoms with Gasteiger partial charge in [-0.3, -0.25) is 4.79 Å². The Labute approximate surface area is 206 Å². The standard InChI is InChI=1S/C25H29F3N4O2S/c1-4-5-14-6-8-15(9-7-14)23-30-19-12-16(24(2,3)34)18(13-20(19)35-23)29-22(33)17-10-11-21(32-31-17)25(26,27)28/h10-15,34H,4-9H2,1-3H3,(H,29,33). The number of carbonyl (C=O) groups is 1. The summed E-state index contributed by atoms with van der Waals surface area (Å²) < 4.78 is 39.1. The molecule has 2 heterocycles. The molecule has 188 valence electrons. The molecule has 10 heteroatoms. The van der Waals surface area contributed by atoms with Gasteiger partial charge in [-0.05, 0) is 69.7 Å². The van der Waals surface area contributed by atoms with Crippen LogP contribution in [0.15, 0.2) is 24.3 Å². The molecule has 0 radical (unpaired) electrons. The maximum atomic E-state index is 12.8. The molecule has 1 aromatic carbocycles. The van der Waals surface area contributed by atoms with Crippen molar-refractivity contribution in [2.45, 2.75) is 77.0 Å². The number of anilines is 1. The van der Waals surface area contributed by atoms with Crippen molar-refractivity contribution < 1.29 is 23.1 Å². The number of amides is 1. The molecule has 1 amide bonds. The summed E-state index contributed by atoms with van der Waals surface area (Å²) in [6, 6.07) is 5.23. The second-order valence-electron chi connectivity index (χ2n) is 9.74. The van der Waals surface area contributed by atoms with Crippen LogP contribution >= 0.6 is 11.3 Å². The van der Waals surface area contributed by atoms with E-state index < -0.39 is 23.4 Å². The fourth-order valence-electron chi connectivity index (χ4n) is 4.67. The fourth-order valence-corrected chi connectivity index (χ4v) is 5.83. The minimum Gasteiger partial charge on any atom is -0.386 e. The summed E-state index contributed by atoms with van der Waals surface area (Å²) in [5.41, 5.74) is -1.14. The van der Waals surface area contributed by atoms with Gasteiger partial charge in [-0.1, -0.05) is 19.8 Å². The van der Waals surface area contributed by atoms with Gasteiger partial charge >= 0.3 is 6.18 Å². The number of halogens is 3. The third-order valence-electron chi connectivity index (χ3n) is 6.53. The molecule has 1 fully saturated rings. The largest absolute Gasteiger partial charge is 0.435 e. The molecule has 35 heavy (non-hydrogen) atoms. The van der Waals surface area contributed by atoms with E-state index in [1.165, 1.54) is 25.7 Å². The topological polar surface area (TPSA) is 88.0 Å². The number of carbonyl (C=O) groups excluding carboxylic acids is 1. The summed E-state index contributed by atoms with van der Waals surface area (Å²) in [5, 5.41) is 21.0. The Bertz CT molecular complexity index is 1190. The minimum atomic E-state index is -4.64. The zero-order valence-electron chi connectivity index (χ0n) is 19.9. The molecule has 2 aromatic heterocycles. The van der Waals surface area contributed by atoms with Crippen LogP contribution in [0.25, 0.3) is 10.2 Å². The minimum absolute atomic E-state index is 0.256. The third-order valence-corrected chi connectivity index (χ3v) is 7.71. The van der Waals surface area contributed by atoms with Crippen molar-refractivity contribution in [2.24, 2.45) is 5.92 Å². The maximum Gasteiger partial charge on any atom is 0.435 e. The van der Waals surface area contributed by atoms with Crippen LogP contribution < -0.4 is 5.32 Å². The number of nitrogens with zero attached hydrogens (tertiary/aromatic N) is 3. The predicted molar refractivity (Wildman–Crippen MR) is 129 cm³/mol. The van der Waals surface area contributed by atoms with Crippen molar-refractivity contribution in [1.82, 2.24) is 15.2 Å². The first-order valence-electron chi connectivity index (χ1n) is 11.8. The third kappa shape index (κ3) is 5.81. The second kappa shape index (κ2) is 9.81. The monoisotopic (exact) mass is 506 g/mol. The molecule has 4 rings (SSSR count). The average molecular weight is 507 g/mol. The van der Waals surface area contributed by atoms with Crippen LogP contribution in [0.1, 0.15) is 92.0 Å². The van der Waals surface area contributed by atoms with Crippen molar-refractivity contribution in [2.75, 3.05) is 5.32 Å². The molecule has 6 nitrogen and oxygen atoms in total. The molecular weight excluding hydrogens is 477 g/mol. The number of aromatic nitrogens is 3. The lowest BCUT2D eigenvalue weighted by Gasteiger charge is -2.26. The molecule has 1 aliphatic rings. The van der Waals surface area contributed by atoms with Gasteiger partial charge < -0.3 is 10.4 Å². The van der Waals surface area contributed by atoms with E-state index in [2.05, 4.69) is 22.4 Å². The summed E-state index contributed by atoms with van der Waals surface area (Å²) in [6.45, 7) is 5.43. The molecule has 1 aliphatic carbocycles. The van der Waals surface area contributed by atoms with Gasteiger partial charge in [0.15, 0.2) is 11.4 Å². The highest BCUT2D eigenvalue weighted by atomic mass is 32.1. The van der Waals surface area contributed by atoms with Crippen LogP contribution in [0.3, 0.4) is 0 Å². The highest BCUT2D eigenvalue weighted by Gasteiger charge is 2.33. The maximum absolute atomic E-state index is 12.8. The van der Waals surface area contributed by atoms with Gasteiger partial charge in [0.2, 0.25) is 0 Å². The van der Waals surface area contributed by atoms with Crippen LogP contribution in [0.2, 0.25) is 0 Å². The van der Waals surface area contributed by atoms with Gasteiger partial charge in [-0.15, -0.1) is 21.5 Å². The zero-order valence-corrected chi connectivity index (χ0v) is 20.8. The summed E-state index contributed by atoms with van der Waals surface area (Å²) in [7, 11) is 0. The van der Waals surface area contributed by atoms with Crippen molar-refractivity contribution in [3.05, 3.63) is 46.2 Å². The fraction of sp³-hybridized carbons (Fsp3) is 0.520. The molecule has 0 aliphatic heterocycles. The van der Waals surface area contributed by atoms with Crippen LogP contribution in [0, 0.1) is 5.92 Å². The Kier molecular flexibility index (Phi) is 7.15. The SMILES string of the molecule is CCCC1CCC(c2nc3cc(C(C)(C)O)c(NC(=O)c4ccc(C(F)(F)F)nn4)cc3s2)CC1. The van der Waals surface area contributed by atoms with E-state index in [1.54, 1.807) is 37.3 Å². The molecule has 2 N–H and O–H groups in total. The van der Waals surface area contributed by atoms with E-state index in [0.29, 0.717) is 23.2 Å². The van der Waals surface area contributed by atoms with Crippen LogP contribution in [-0.4, -0.2) is 26.2 Å². The van der Waals surface area contributed by atoms with Crippen molar-refractivity contribution in [3.63, 3.8) is 0 Å². The summed E-state index contributed by atoms with van der Waals surface area (Å²) in [4.78, 5) is 17.6. The molecule has 3 aromatic rings. The highest BCUT2D eigenvalue weighted by molar-refractivity contribution is 7.18. The summed E-state index contributed by atoms with van der Waals surface area (Å²) in [6.07, 6.45) is 2.48. The first-order valence-corrected chi connectivity index (χ1v) is 12.7. The molecule has 1 saturated carbocycles. The Hall–Kier alpha value is -2.59. The first-order chi connectivity index (χ1) is 16.5. The number of aliphatic hydroxyl groups is 1. The molecule has 0 saturated heterocycles. The van der Waals surface area contributed by atoms with E-state index in [-0.39, 0.29) is 5.69 Å². The quantitative estimate of drug-likeness (QED) is 0.390. The number of rotatable bonds is 6. The summed E-state index contributed by atoms with van der Waals surface area (Å²) >= 11 is 1.58. The van der Waals surface area contributed by atoms with Gasteiger partial charge in [0.25, 0.3) is 5.91 Å². The number of fused-ring (bicyclic) bond motifs is 1. The molecule has 0 spiro atoms. The number of nitrogens with one attached hydrogen (secondary N) is 1. The Morgan fingerprint density at radius 2 is 1.86 bits per heavy atom. The lowest BCUT2D eigenvalue weighted by molar-refractivity contribution is -0.141. The molecule has 0 unspecified atom stereocenters. The van der Waals surface area contributed by atoms with Gasteiger partial charge in [0.05, 0.1) is 20.8 Å². The lowest BCUT2D eigenvalue weighted by atomic mass is 9.80. The molecular formula is C25H29F3N4O2S. The number of hydrogen-bond donors (Lipinski definition) is 2. The van der Waals surface area contributed by atoms with Crippen LogP contribution in [0.4, 0.5) is 18.9 Å². The van der Waals surface area contributed by atoms with E-state index in [1.807, 2.05) is 0 Å². The molecule has 0 bridgehead atoms. The Morgan fingerprint density at radius 1 is 1.14 bits per heavy atom. The highest BCUT2D eigenvalue weighted by Crippen LogP contribution is 2.42. The molecule has 0 atom stereocenters. The Balaban J connectivity index is 1.60. The van der Waals surface area contributed by atoms with Gasteiger partial charge in [-0.25, -0.2) is 4.98 Å². The number of benzene rings is 1. The van der Waals surface area contributed by atoms with Crippen molar-refractivity contribution in [1.29, 1.82) is 0 Å². The normalized spacial score (nSPS) is 19.2. The second-order valence-corrected chi connectivity index (χ2v) is 10.8. The van der Waals surface area contributed by atoms with Gasteiger partial charge in [0, 0.05) is 17.2 Å². The van der Waals surface area contributed by atoms with Crippen molar-refractivity contribution >= 4 is 33.1 Å².